The van der Waals surface area contributed by atoms with Crippen molar-refractivity contribution in [1.82, 2.24) is 9.99 Å². The highest BCUT2D eigenvalue weighted by Crippen LogP contribution is 1.99. The molecule has 1 aliphatic rings. The molecule has 4 heteroatoms. The zero-order valence-electron chi connectivity index (χ0n) is 4.80. The maximum Gasteiger partial charge on any atom is 0.0681 e. The van der Waals surface area contributed by atoms with Crippen LogP contribution in [0.3, 0.4) is 0 Å². The average molecular weight is 133 g/mol. The van der Waals surface area contributed by atoms with Crippen molar-refractivity contribution in [2.24, 2.45) is 5.73 Å². The standard InChI is InChI=1S/C4H12N3P/c5-4-3-7(8)2-1-6-4/h4,6H,1-3,5,8H2. The monoisotopic (exact) mass is 133 g/mol. The van der Waals surface area contributed by atoms with E-state index in [2.05, 4.69) is 19.4 Å². The lowest BCUT2D eigenvalue weighted by atomic mass is 10.4. The van der Waals surface area contributed by atoms with E-state index in [0.29, 0.717) is 0 Å². The second-order valence-corrected chi connectivity index (χ2v) is 2.79. The van der Waals surface area contributed by atoms with E-state index in [9.17, 15) is 0 Å². The summed E-state index contributed by atoms with van der Waals surface area (Å²) in [5, 5.41) is 3.14. The predicted molar refractivity (Wildman–Crippen MR) is 37.3 cm³/mol. The molecule has 1 rings (SSSR count). The lowest BCUT2D eigenvalue weighted by Crippen LogP contribution is -2.51. The van der Waals surface area contributed by atoms with Gasteiger partial charge < -0.3 is 5.73 Å². The molecular formula is C4H12N3P. The highest BCUT2D eigenvalue weighted by molar-refractivity contribution is 7.13. The van der Waals surface area contributed by atoms with Crippen LogP contribution < -0.4 is 11.1 Å². The van der Waals surface area contributed by atoms with Gasteiger partial charge in [0, 0.05) is 19.6 Å². The first-order valence-corrected chi connectivity index (χ1v) is 3.29. The van der Waals surface area contributed by atoms with Crippen LogP contribution in [0.1, 0.15) is 0 Å². The summed E-state index contributed by atoms with van der Waals surface area (Å²) in [5.74, 6) is 0. The summed E-state index contributed by atoms with van der Waals surface area (Å²) in [6.07, 6.45) is 0.168. The van der Waals surface area contributed by atoms with Gasteiger partial charge in [-0.15, -0.1) is 0 Å². The van der Waals surface area contributed by atoms with Gasteiger partial charge in [-0.3, -0.25) is 9.99 Å². The fraction of sp³-hybridized carbons (Fsp3) is 1.00. The minimum Gasteiger partial charge on any atom is -0.315 e. The summed E-state index contributed by atoms with van der Waals surface area (Å²) >= 11 is 0. The molecule has 1 aliphatic heterocycles. The summed E-state index contributed by atoms with van der Waals surface area (Å²) < 4.78 is 2.14. The molecule has 0 aromatic carbocycles. The molecule has 3 N–H and O–H groups in total. The van der Waals surface area contributed by atoms with Gasteiger partial charge in [-0.2, -0.15) is 0 Å². The van der Waals surface area contributed by atoms with Crippen LogP contribution >= 0.6 is 9.39 Å². The Bertz CT molecular complexity index is 69.7. The van der Waals surface area contributed by atoms with E-state index in [1.54, 1.807) is 0 Å². The molecular weight excluding hydrogens is 121 g/mol. The minimum absolute atomic E-state index is 0.168. The van der Waals surface area contributed by atoms with Crippen molar-refractivity contribution in [2.45, 2.75) is 6.17 Å². The van der Waals surface area contributed by atoms with E-state index in [4.69, 9.17) is 5.73 Å². The van der Waals surface area contributed by atoms with Gasteiger partial charge in [0.25, 0.3) is 0 Å². The van der Waals surface area contributed by atoms with Crippen LogP contribution in [-0.2, 0) is 0 Å². The Hall–Kier alpha value is 0.310. The summed E-state index contributed by atoms with van der Waals surface area (Å²) in [6, 6.07) is 0. The highest BCUT2D eigenvalue weighted by Gasteiger charge is 2.10. The number of piperazine rings is 1. The lowest BCUT2D eigenvalue weighted by Gasteiger charge is -2.27. The Morgan fingerprint density at radius 2 is 2.50 bits per heavy atom. The first-order chi connectivity index (χ1) is 3.79. The molecule has 3 nitrogen and oxygen atoms in total. The molecule has 1 fully saturated rings. The summed E-state index contributed by atoms with van der Waals surface area (Å²) in [7, 11) is 2.64. The molecule has 48 valence electrons. The number of nitrogens with zero attached hydrogens (tertiary/aromatic N) is 1. The molecule has 0 saturated carbocycles. The highest BCUT2D eigenvalue weighted by atomic mass is 31.0. The molecule has 0 aliphatic carbocycles. The smallest absolute Gasteiger partial charge is 0.0681 e. The van der Waals surface area contributed by atoms with Gasteiger partial charge in [0.15, 0.2) is 0 Å². The third-order valence-corrected chi connectivity index (χ3v) is 1.71. The normalized spacial score (nSPS) is 33.0. The van der Waals surface area contributed by atoms with Gasteiger partial charge >= 0.3 is 0 Å². The van der Waals surface area contributed by atoms with Crippen LogP contribution in [0, 0.1) is 0 Å². The van der Waals surface area contributed by atoms with Crippen molar-refractivity contribution in [1.29, 1.82) is 0 Å². The number of rotatable bonds is 0. The van der Waals surface area contributed by atoms with E-state index in [1.165, 1.54) is 0 Å². The zero-order chi connectivity index (χ0) is 5.98. The van der Waals surface area contributed by atoms with Crippen LogP contribution in [0.2, 0.25) is 0 Å². The first kappa shape index (κ1) is 6.43. The topological polar surface area (TPSA) is 41.3 Å². The van der Waals surface area contributed by atoms with E-state index in [-0.39, 0.29) is 6.17 Å². The molecule has 2 unspecified atom stereocenters. The van der Waals surface area contributed by atoms with Gasteiger partial charge in [-0.1, -0.05) is 9.39 Å². The predicted octanol–water partition coefficient (Wildman–Crippen LogP) is -1.03. The van der Waals surface area contributed by atoms with Crippen LogP contribution in [0.25, 0.3) is 0 Å². The van der Waals surface area contributed by atoms with E-state index >= 15 is 0 Å². The van der Waals surface area contributed by atoms with Crippen LogP contribution in [-0.4, -0.2) is 30.5 Å². The van der Waals surface area contributed by atoms with E-state index < -0.39 is 0 Å². The molecule has 1 heterocycles. The minimum atomic E-state index is 0.168. The fourth-order valence-corrected chi connectivity index (χ4v) is 1.16. The maximum absolute atomic E-state index is 5.56. The quantitative estimate of drug-likeness (QED) is 0.415. The van der Waals surface area contributed by atoms with E-state index in [0.717, 1.165) is 19.6 Å². The lowest BCUT2D eigenvalue weighted by molar-refractivity contribution is 0.325. The molecule has 1 saturated heterocycles. The largest absolute Gasteiger partial charge is 0.315 e. The van der Waals surface area contributed by atoms with Crippen molar-refractivity contribution >= 4 is 9.39 Å². The number of nitrogens with two attached hydrogens (primary N) is 1. The Balaban J connectivity index is 2.23. The molecule has 0 spiro atoms. The van der Waals surface area contributed by atoms with Gasteiger partial charge in [0.2, 0.25) is 0 Å². The molecule has 0 aromatic heterocycles. The Morgan fingerprint density at radius 1 is 1.75 bits per heavy atom. The summed E-state index contributed by atoms with van der Waals surface area (Å²) in [4.78, 5) is 0. The van der Waals surface area contributed by atoms with Crippen LogP contribution in [0.15, 0.2) is 0 Å². The van der Waals surface area contributed by atoms with Crippen molar-refractivity contribution < 1.29 is 0 Å². The number of nitrogens with one attached hydrogen (secondary N) is 1. The van der Waals surface area contributed by atoms with Crippen molar-refractivity contribution in [3.05, 3.63) is 0 Å². The second-order valence-electron chi connectivity index (χ2n) is 2.06. The fourth-order valence-electron chi connectivity index (χ4n) is 0.802. The van der Waals surface area contributed by atoms with Gasteiger partial charge in [0.05, 0.1) is 6.17 Å². The van der Waals surface area contributed by atoms with Gasteiger partial charge in [-0.05, 0) is 0 Å². The SMILES string of the molecule is NC1CN(P)CCN1. The third kappa shape index (κ3) is 1.67. The summed E-state index contributed by atoms with van der Waals surface area (Å²) in [5.41, 5.74) is 5.56. The molecule has 0 bridgehead atoms. The number of hydrogen-bond acceptors (Lipinski definition) is 3. The number of hydrogen-bond donors (Lipinski definition) is 2. The van der Waals surface area contributed by atoms with Gasteiger partial charge in [0.1, 0.15) is 0 Å². The third-order valence-electron chi connectivity index (χ3n) is 1.24. The Kier molecular flexibility index (Phi) is 2.20. The van der Waals surface area contributed by atoms with Crippen LogP contribution in [0.4, 0.5) is 0 Å². The van der Waals surface area contributed by atoms with E-state index in [1.807, 2.05) is 0 Å². The molecule has 2 atom stereocenters. The molecule has 8 heavy (non-hydrogen) atoms. The van der Waals surface area contributed by atoms with Gasteiger partial charge in [-0.25, -0.2) is 0 Å². The molecule has 0 radical (unpaired) electrons. The maximum atomic E-state index is 5.56. The van der Waals surface area contributed by atoms with Crippen molar-refractivity contribution in [2.75, 3.05) is 19.6 Å². The Morgan fingerprint density at radius 3 is 2.88 bits per heavy atom. The Labute approximate surface area is 51.9 Å². The molecule has 0 amide bonds. The van der Waals surface area contributed by atoms with Crippen molar-refractivity contribution in [3.8, 4) is 0 Å². The summed E-state index contributed by atoms with van der Waals surface area (Å²) in [6.45, 7) is 3.02. The van der Waals surface area contributed by atoms with Crippen LogP contribution in [0.5, 0.6) is 0 Å². The second kappa shape index (κ2) is 2.74. The zero-order valence-corrected chi connectivity index (χ0v) is 5.96. The van der Waals surface area contributed by atoms with Crippen molar-refractivity contribution in [3.63, 3.8) is 0 Å². The average Bonchev–Trinajstić information content (AvgIpc) is 1.64. The first-order valence-electron chi connectivity index (χ1n) is 2.77. The molecule has 0 aromatic rings.